The standard InChI is InChI=1S/C31H25NO5.C6H15N/c33-28-25-18-10-11-19-26(25)29(34)32(28)27(30(35)36)20-21-37-31(22-12-4-1-5-13-22,23-14-6-2-7-15-23)24-16-8-3-9-17-24;1-4-7(5-2)6-3/h1-19,27H,20-21H2,(H,35,36);4-6H2,1-3H3/t27-;/m0./s1. The minimum absolute atomic E-state index is 0.0247. The maximum atomic E-state index is 13.0. The zero-order valence-electron chi connectivity index (χ0n) is 25.6. The Kier molecular flexibility index (Phi) is 11.2. The van der Waals surface area contributed by atoms with Crippen molar-refractivity contribution >= 4 is 17.8 Å². The molecule has 5 rings (SSSR count). The van der Waals surface area contributed by atoms with E-state index in [0.717, 1.165) is 21.6 Å². The molecule has 0 saturated carbocycles. The molecule has 0 bridgehead atoms. The first-order chi connectivity index (χ1) is 21.4. The van der Waals surface area contributed by atoms with Gasteiger partial charge in [0.1, 0.15) is 11.6 Å². The molecule has 0 aliphatic carbocycles. The smallest absolute Gasteiger partial charge is 0.327 e. The SMILES string of the molecule is CCN(CC)CC.O=C(O)[C@H](CCOC(c1ccccc1)(c1ccccc1)c1ccccc1)N1C(=O)c2ccccc2C1=O. The fourth-order valence-corrected chi connectivity index (χ4v) is 5.62. The van der Waals surface area contributed by atoms with Gasteiger partial charge in [-0.25, -0.2) is 4.79 Å². The van der Waals surface area contributed by atoms with E-state index in [1.807, 2.05) is 91.0 Å². The summed E-state index contributed by atoms with van der Waals surface area (Å²) >= 11 is 0. The molecule has 0 aromatic heterocycles. The molecule has 0 unspecified atom stereocenters. The number of carbonyl (C=O) groups is 3. The highest BCUT2D eigenvalue weighted by Gasteiger charge is 2.43. The molecule has 2 amide bonds. The van der Waals surface area contributed by atoms with E-state index >= 15 is 0 Å². The van der Waals surface area contributed by atoms with Gasteiger partial charge in [-0.2, -0.15) is 0 Å². The van der Waals surface area contributed by atoms with Crippen LogP contribution in [0.15, 0.2) is 115 Å². The van der Waals surface area contributed by atoms with Gasteiger partial charge in [-0.05, 0) is 48.5 Å². The number of imide groups is 1. The summed E-state index contributed by atoms with van der Waals surface area (Å²) in [5.41, 5.74) is 2.02. The maximum absolute atomic E-state index is 13.0. The van der Waals surface area contributed by atoms with Crippen molar-refractivity contribution in [2.24, 2.45) is 0 Å². The van der Waals surface area contributed by atoms with Crippen molar-refractivity contribution in [3.63, 3.8) is 0 Å². The molecule has 7 nitrogen and oxygen atoms in total. The minimum atomic E-state index is -1.37. The van der Waals surface area contributed by atoms with E-state index in [2.05, 4.69) is 25.7 Å². The largest absolute Gasteiger partial charge is 0.480 e. The third-order valence-electron chi connectivity index (χ3n) is 8.01. The number of carboxylic acid groups (broad SMARTS) is 1. The third kappa shape index (κ3) is 6.80. The van der Waals surface area contributed by atoms with E-state index in [9.17, 15) is 19.5 Å². The Morgan fingerprint density at radius 1 is 0.682 bits per heavy atom. The van der Waals surface area contributed by atoms with Gasteiger partial charge in [-0.15, -0.1) is 0 Å². The first-order valence-corrected chi connectivity index (χ1v) is 15.1. The van der Waals surface area contributed by atoms with Gasteiger partial charge in [-0.1, -0.05) is 124 Å². The second-order valence-electron chi connectivity index (χ2n) is 10.4. The number of rotatable bonds is 12. The normalized spacial score (nSPS) is 13.3. The molecule has 1 aliphatic rings. The van der Waals surface area contributed by atoms with Crippen molar-refractivity contribution < 1.29 is 24.2 Å². The zero-order valence-corrected chi connectivity index (χ0v) is 25.6. The van der Waals surface area contributed by atoms with Crippen LogP contribution in [0.5, 0.6) is 0 Å². The number of fused-ring (bicyclic) bond motifs is 1. The second kappa shape index (κ2) is 15.2. The molecule has 1 heterocycles. The highest BCUT2D eigenvalue weighted by atomic mass is 16.5. The molecule has 0 fully saturated rings. The number of benzene rings is 4. The van der Waals surface area contributed by atoms with Gasteiger partial charge >= 0.3 is 5.97 Å². The molecule has 4 aromatic carbocycles. The summed E-state index contributed by atoms with van der Waals surface area (Å²) in [6.45, 7) is 10.1. The number of hydrogen-bond acceptors (Lipinski definition) is 5. The monoisotopic (exact) mass is 592 g/mol. The van der Waals surface area contributed by atoms with E-state index in [1.165, 1.54) is 31.8 Å². The van der Waals surface area contributed by atoms with E-state index in [1.54, 1.807) is 12.1 Å². The Labute approximate surface area is 259 Å². The Morgan fingerprint density at radius 2 is 1.05 bits per heavy atom. The molecule has 0 saturated heterocycles. The highest BCUT2D eigenvalue weighted by molar-refractivity contribution is 6.22. The van der Waals surface area contributed by atoms with Crippen molar-refractivity contribution in [1.82, 2.24) is 9.80 Å². The van der Waals surface area contributed by atoms with Gasteiger partial charge < -0.3 is 14.7 Å². The Balaban J connectivity index is 0.000000566. The summed E-state index contributed by atoms with van der Waals surface area (Å²) in [4.78, 5) is 41.5. The number of carbonyl (C=O) groups excluding carboxylic acids is 2. The molecule has 44 heavy (non-hydrogen) atoms. The maximum Gasteiger partial charge on any atom is 0.327 e. The summed E-state index contributed by atoms with van der Waals surface area (Å²) < 4.78 is 6.66. The lowest BCUT2D eigenvalue weighted by atomic mass is 9.80. The summed E-state index contributed by atoms with van der Waals surface area (Å²) in [5.74, 6) is -2.47. The average Bonchev–Trinajstić information content (AvgIpc) is 3.32. The van der Waals surface area contributed by atoms with E-state index in [4.69, 9.17) is 4.74 Å². The molecule has 4 aromatic rings. The topological polar surface area (TPSA) is 87.2 Å². The Bertz CT molecular complexity index is 1380. The van der Waals surface area contributed by atoms with Gasteiger partial charge in [0.2, 0.25) is 0 Å². The summed E-state index contributed by atoms with van der Waals surface area (Å²) in [5, 5.41) is 10.0. The number of hydrogen-bond donors (Lipinski definition) is 1. The third-order valence-corrected chi connectivity index (χ3v) is 8.01. The van der Waals surface area contributed by atoms with E-state index in [-0.39, 0.29) is 24.2 Å². The molecule has 228 valence electrons. The van der Waals surface area contributed by atoms with Crippen LogP contribution in [0.25, 0.3) is 0 Å². The number of carboxylic acids is 1. The van der Waals surface area contributed by atoms with Crippen LogP contribution >= 0.6 is 0 Å². The molecular weight excluding hydrogens is 552 g/mol. The fraction of sp³-hybridized carbons (Fsp3) is 0.270. The number of amides is 2. The number of ether oxygens (including phenoxy) is 1. The van der Waals surface area contributed by atoms with Crippen LogP contribution in [-0.2, 0) is 15.1 Å². The number of aliphatic carboxylic acids is 1. The predicted molar refractivity (Wildman–Crippen MR) is 172 cm³/mol. The van der Waals surface area contributed by atoms with Crippen molar-refractivity contribution in [2.75, 3.05) is 26.2 Å². The first kappa shape index (κ1) is 32.3. The van der Waals surface area contributed by atoms with Gasteiger partial charge in [0, 0.05) is 6.42 Å². The summed E-state index contributed by atoms with van der Waals surface area (Å²) in [6.07, 6.45) is -0.0744. The lowest BCUT2D eigenvalue weighted by Gasteiger charge is -2.36. The van der Waals surface area contributed by atoms with Crippen LogP contribution in [0, 0.1) is 0 Å². The van der Waals surface area contributed by atoms with Crippen LogP contribution in [0.1, 0.15) is 64.6 Å². The van der Waals surface area contributed by atoms with Crippen LogP contribution < -0.4 is 0 Å². The quantitative estimate of drug-likeness (QED) is 0.150. The van der Waals surface area contributed by atoms with Gasteiger partial charge in [0.05, 0.1) is 17.7 Å². The van der Waals surface area contributed by atoms with E-state index in [0.29, 0.717) is 0 Å². The predicted octanol–water partition coefficient (Wildman–Crippen LogP) is 6.48. The molecule has 7 heteroatoms. The first-order valence-electron chi connectivity index (χ1n) is 15.1. The Hall–Kier alpha value is -4.59. The zero-order chi connectivity index (χ0) is 31.5. The molecular formula is C37H40N2O5. The van der Waals surface area contributed by atoms with E-state index < -0.39 is 29.4 Å². The molecule has 0 spiro atoms. The highest BCUT2D eigenvalue weighted by Crippen LogP contribution is 2.40. The lowest BCUT2D eigenvalue weighted by molar-refractivity contribution is -0.142. The Morgan fingerprint density at radius 3 is 1.36 bits per heavy atom. The van der Waals surface area contributed by atoms with Gasteiger partial charge in [-0.3, -0.25) is 14.5 Å². The lowest BCUT2D eigenvalue weighted by Crippen LogP contribution is -2.46. The van der Waals surface area contributed by atoms with Gasteiger partial charge in [0.25, 0.3) is 11.8 Å². The van der Waals surface area contributed by atoms with Crippen molar-refractivity contribution in [1.29, 1.82) is 0 Å². The van der Waals surface area contributed by atoms with Crippen molar-refractivity contribution in [2.45, 2.75) is 38.8 Å². The number of nitrogens with zero attached hydrogens (tertiary/aromatic N) is 2. The van der Waals surface area contributed by atoms with Crippen LogP contribution in [0.3, 0.4) is 0 Å². The van der Waals surface area contributed by atoms with Crippen LogP contribution in [0.4, 0.5) is 0 Å². The van der Waals surface area contributed by atoms with Crippen molar-refractivity contribution in [3.05, 3.63) is 143 Å². The molecule has 1 atom stereocenters. The van der Waals surface area contributed by atoms with Gasteiger partial charge in [0.15, 0.2) is 0 Å². The summed E-state index contributed by atoms with van der Waals surface area (Å²) in [6, 6.07) is 34.2. The molecule has 1 N–H and O–H groups in total. The molecule has 0 radical (unpaired) electrons. The molecule has 1 aliphatic heterocycles. The fourth-order valence-electron chi connectivity index (χ4n) is 5.62. The second-order valence-corrected chi connectivity index (χ2v) is 10.4. The van der Waals surface area contributed by atoms with Crippen LogP contribution in [0.2, 0.25) is 0 Å². The average molecular weight is 593 g/mol. The summed E-state index contributed by atoms with van der Waals surface area (Å²) in [7, 11) is 0. The van der Waals surface area contributed by atoms with Crippen molar-refractivity contribution in [3.8, 4) is 0 Å². The van der Waals surface area contributed by atoms with Crippen LogP contribution in [-0.4, -0.2) is 65.0 Å². The minimum Gasteiger partial charge on any atom is -0.480 e.